The Kier molecular flexibility index (Phi) is 3.14. The van der Waals surface area contributed by atoms with Gasteiger partial charge in [-0.05, 0) is 6.07 Å². The van der Waals surface area contributed by atoms with Gasteiger partial charge in [0, 0.05) is 5.56 Å². The van der Waals surface area contributed by atoms with Crippen LogP contribution in [-0.4, -0.2) is 11.1 Å². The number of aliphatic carboxylic acids is 1. The van der Waals surface area contributed by atoms with Crippen molar-refractivity contribution < 1.29 is 9.90 Å². The van der Waals surface area contributed by atoms with Crippen molar-refractivity contribution in [3.8, 4) is 0 Å². The number of carboxylic acids is 1. The SMILES string of the molecule is NC(C(=O)O)c1cccc(Cl)c1Cl. The van der Waals surface area contributed by atoms with E-state index in [1.165, 1.54) is 6.07 Å². The number of benzene rings is 1. The smallest absolute Gasteiger partial charge is 0.325 e. The fourth-order valence-electron chi connectivity index (χ4n) is 0.894. The Morgan fingerprint density at radius 1 is 1.46 bits per heavy atom. The summed E-state index contributed by atoms with van der Waals surface area (Å²) in [5.41, 5.74) is 5.69. The topological polar surface area (TPSA) is 63.3 Å². The van der Waals surface area contributed by atoms with E-state index < -0.39 is 12.0 Å². The molecule has 0 aliphatic heterocycles. The first-order chi connectivity index (χ1) is 6.04. The van der Waals surface area contributed by atoms with Crippen LogP contribution in [-0.2, 0) is 4.79 Å². The Labute approximate surface area is 85.1 Å². The molecule has 0 radical (unpaired) electrons. The molecular formula is C8H7Cl2NO2. The molecule has 1 aromatic rings. The quantitative estimate of drug-likeness (QED) is 0.801. The van der Waals surface area contributed by atoms with Gasteiger partial charge in [-0.1, -0.05) is 35.3 Å². The molecule has 0 amide bonds. The Morgan fingerprint density at radius 2 is 2.08 bits per heavy atom. The summed E-state index contributed by atoms with van der Waals surface area (Å²) in [4.78, 5) is 10.5. The molecule has 3 N–H and O–H groups in total. The third-order valence-corrected chi connectivity index (χ3v) is 2.42. The minimum Gasteiger partial charge on any atom is -0.480 e. The van der Waals surface area contributed by atoms with E-state index in [9.17, 15) is 4.79 Å². The third kappa shape index (κ3) is 2.12. The van der Waals surface area contributed by atoms with Crippen molar-refractivity contribution in [3.63, 3.8) is 0 Å². The van der Waals surface area contributed by atoms with Crippen molar-refractivity contribution in [2.24, 2.45) is 5.73 Å². The van der Waals surface area contributed by atoms with Crippen molar-refractivity contribution in [2.75, 3.05) is 0 Å². The van der Waals surface area contributed by atoms with Crippen LogP contribution in [0, 0.1) is 0 Å². The zero-order chi connectivity index (χ0) is 10.0. The van der Waals surface area contributed by atoms with Crippen molar-refractivity contribution in [3.05, 3.63) is 33.8 Å². The highest BCUT2D eigenvalue weighted by Gasteiger charge is 2.18. The van der Waals surface area contributed by atoms with Crippen LogP contribution in [0.3, 0.4) is 0 Å². The van der Waals surface area contributed by atoms with Gasteiger partial charge in [0.1, 0.15) is 6.04 Å². The maximum Gasteiger partial charge on any atom is 0.325 e. The van der Waals surface area contributed by atoms with Crippen LogP contribution in [0.1, 0.15) is 11.6 Å². The van der Waals surface area contributed by atoms with Crippen LogP contribution >= 0.6 is 23.2 Å². The highest BCUT2D eigenvalue weighted by Crippen LogP contribution is 2.28. The minimum absolute atomic E-state index is 0.194. The van der Waals surface area contributed by atoms with Crippen LogP contribution in [0.25, 0.3) is 0 Å². The Hall–Kier alpha value is -0.770. The Balaban J connectivity index is 3.15. The number of hydrogen-bond donors (Lipinski definition) is 2. The molecule has 0 aliphatic rings. The lowest BCUT2D eigenvalue weighted by Crippen LogP contribution is -2.20. The van der Waals surface area contributed by atoms with Crippen molar-refractivity contribution in [2.45, 2.75) is 6.04 Å². The molecule has 0 heterocycles. The van der Waals surface area contributed by atoms with Gasteiger partial charge < -0.3 is 10.8 Å². The van der Waals surface area contributed by atoms with Crippen LogP contribution in [0.5, 0.6) is 0 Å². The average molecular weight is 220 g/mol. The molecule has 1 aromatic carbocycles. The van der Waals surface area contributed by atoms with E-state index in [0.717, 1.165) is 0 Å². The summed E-state index contributed by atoms with van der Waals surface area (Å²) in [5.74, 6) is -1.14. The normalized spacial score (nSPS) is 12.5. The zero-order valence-corrected chi connectivity index (χ0v) is 8.01. The fraction of sp³-hybridized carbons (Fsp3) is 0.125. The summed E-state index contributed by atoms with van der Waals surface area (Å²) < 4.78 is 0. The maximum atomic E-state index is 10.5. The summed E-state index contributed by atoms with van der Waals surface area (Å²) >= 11 is 11.4. The van der Waals surface area contributed by atoms with Crippen LogP contribution in [0.15, 0.2) is 18.2 Å². The second-order valence-corrected chi connectivity index (χ2v) is 3.24. The van der Waals surface area contributed by atoms with Crippen molar-refractivity contribution in [1.82, 2.24) is 0 Å². The van der Waals surface area contributed by atoms with E-state index >= 15 is 0 Å². The Morgan fingerprint density at radius 3 is 2.62 bits per heavy atom. The van der Waals surface area contributed by atoms with E-state index in [4.69, 9.17) is 34.0 Å². The molecular weight excluding hydrogens is 213 g/mol. The van der Waals surface area contributed by atoms with E-state index in [2.05, 4.69) is 0 Å². The number of carbonyl (C=O) groups is 1. The molecule has 1 atom stereocenters. The first kappa shape index (κ1) is 10.3. The third-order valence-electron chi connectivity index (χ3n) is 1.58. The lowest BCUT2D eigenvalue weighted by Gasteiger charge is -2.09. The molecule has 0 saturated carbocycles. The van der Waals surface area contributed by atoms with Gasteiger partial charge in [-0.25, -0.2) is 0 Å². The predicted molar refractivity (Wildman–Crippen MR) is 51.0 cm³/mol. The van der Waals surface area contributed by atoms with Gasteiger partial charge >= 0.3 is 5.97 Å². The molecule has 0 aliphatic carbocycles. The highest BCUT2D eigenvalue weighted by atomic mass is 35.5. The minimum atomic E-state index is -1.14. The molecule has 1 rings (SSSR count). The van der Waals surface area contributed by atoms with Crippen LogP contribution < -0.4 is 5.73 Å². The zero-order valence-electron chi connectivity index (χ0n) is 6.50. The molecule has 70 valence electrons. The number of carboxylic acid groups (broad SMARTS) is 1. The van der Waals surface area contributed by atoms with Crippen molar-refractivity contribution in [1.29, 1.82) is 0 Å². The fourth-order valence-corrected chi connectivity index (χ4v) is 1.32. The van der Waals surface area contributed by atoms with E-state index in [1.807, 2.05) is 0 Å². The van der Waals surface area contributed by atoms with Gasteiger partial charge in [-0.3, -0.25) is 4.79 Å². The molecule has 0 spiro atoms. The number of hydrogen-bond acceptors (Lipinski definition) is 2. The maximum absolute atomic E-state index is 10.5. The van der Waals surface area contributed by atoms with E-state index in [1.54, 1.807) is 12.1 Å². The molecule has 0 fully saturated rings. The van der Waals surface area contributed by atoms with Crippen LogP contribution in [0.4, 0.5) is 0 Å². The van der Waals surface area contributed by atoms with E-state index in [0.29, 0.717) is 10.6 Å². The molecule has 5 heteroatoms. The summed E-state index contributed by atoms with van der Waals surface area (Å²) in [6.45, 7) is 0. The van der Waals surface area contributed by atoms with Crippen LogP contribution in [0.2, 0.25) is 10.0 Å². The highest BCUT2D eigenvalue weighted by molar-refractivity contribution is 6.42. The van der Waals surface area contributed by atoms with Gasteiger partial charge in [-0.15, -0.1) is 0 Å². The first-order valence-electron chi connectivity index (χ1n) is 3.46. The first-order valence-corrected chi connectivity index (χ1v) is 4.22. The lowest BCUT2D eigenvalue weighted by atomic mass is 10.1. The van der Waals surface area contributed by atoms with Gasteiger partial charge in [0.05, 0.1) is 10.0 Å². The monoisotopic (exact) mass is 219 g/mol. The molecule has 0 aromatic heterocycles. The molecule has 1 unspecified atom stereocenters. The Bertz CT molecular complexity index is 341. The molecule has 0 bridgehead atoms. The van der Waals surface area contributed by atoms with Gasteiger partial charge in [-0.2, -0.15) is 0 Å². The average Bonchev–Trinajstić information content (AvgIpc) is 2.08. The molecule has 3 nitrogen and oxygen atoms in total. The van der Waals surface area contributed by atoms with Gasteiger partial charge in [0.25, 0.3) is 0 Å². The summed E-state index contributed by atoms with van der Waals surface area (Å²) in [6, 6.07) is 3.58. The second-order valence-electron chi connectivity index (χ2n) is 2.46. The van der Waals surface area contributed by atoms with Gasteiger partial charge in [0.15, 0.2) is 0 Å². The summed E-state index contributed by atoms with van der Waals surface area (Å²) in [5, 5.41) is 9.12. The second kappa shape index (κ2) is 3.96. The van der Waals surface area contributed by atoms with E-state index in [-0.39, 0.29) is 5.02 Å². The number of halogens is 2. The molecule has 13 heavy (non-hydrogen) atoms. The van der Waals surface area contributed by atoms with Crippen molar-refractivity contribution >= 4 is 29.2 Å². The summed E-state index contributed by atoms with van der Waals surface area (Å²) in [6.07, 6.45) is 0. The number of nitrogens with two attached hydrogens (primary N) is 1. The number of rotatable bonds is 2. The standard InChI is InChI=1S/C8H7Cl2NO2/c9-5-3-1-2-4(6(5)10)7(11)8(12)13/h1-3,7H,11H2,(H,12,13). The largest absolute Gasteiger partial charge is 0.480 e. The molecule has 0 saturated heterocycles. The summed E-state index contributed by atoms with van der Waals surface area (Å²) in [7, 11) is 0. The van der Waals surface area contributed by atoms with Gasteiger partial charge in [0.2, 0.25) is 0 Å². The lowest BCUT2D eigenvalue weighted by molar-refractivity contribution is -0.138. The predicted octanol–water partition coefficient (Wildman–Crippen LogP) is 2.08.